The van der Waals surface area contributed by atoms with Crippen molar-refractivity contribution in [1.29, 1.82) is 5.26 Å². The minimum absolute atomic E-state index is 0.0915. The van der Waals surface area contributed by atoms with Gasteiger partial charge in [-0.25, -0.2) is 0 Å². The summed E-state index contributed by atoms with van der Waals surface area (Å²) < 4.78 is 38.9. The Hall–Kier alpha value is -2.07. The van der Waals surface area contributed by atoms with Crippen LogP contribution in [0.2, 0.25) is 0 Å². The number of benzene rings is 1. The molecule has 1 aliphatic heterocycles. The fourth-order valence-electron chi connectivity index (χ4n) is 2.67. The number of rotatable bonds is 3. The number of hydrogen-bond acceptors (Lipinski definition) is 3. The molecule has 0 unspecified atom stereocenters. The number of amides is 1. The van der Waals surface area contributed by atoms with E-state index in [-0.39, 0.29) is 19.6 Å². The topological polar surface area (TPSA) is 56.1 Å². The first kappa shape index (κ1) is 16.3. The summed E-state index contributed by atoms with van der Waals surface area (Å²) in [5.41, 5.74) is 1.13. The van der Waals surface area contributed by atoms with Crippen molar-refractivity contribution in [1.82, 2.24) is 10.2 Å². The van der Waals surface area contributed by atoms with Gasteiger partial charge >= 0.3 is 6.18 Å². The second-order valence-electron chi connectivity index (χ2n) is 5.51. The van der Waals surface area contributed by atoms with Crippen LogP contribution in [0.1, 0.15) is 11.1 Å². The molecule has 1 heterocycles. The molecule has 118 valence electrons. The minimum Gasteiger partial charge on any atom is -0.352 e. The first-order chi connectivity index (χ1) is 10.3. The van der Waals surface area contributed by atoms with E-state index in [1.54, 1.807) is 31.3 Å². The summed E-state index contributed by atoms with van der Waals surface area (Å²) in [7, 11) is 1.57. The molecule has 1 aromatic carbocycles. The molecule has 2 rings (SSSR count). The van der Waals surface area contributed by atoms with Gasteiger partial charge in [0.25, 0.3) is 0 Å². The van der Waals surface area contributed by atoms with E-state index in [0.717, 1.165) is 0 Å². The van der Waals surface area contributed by atoms with E-state index in [0.29, 0.717) is 11.1 Å². The average molecular weight is 311 g/mol. The van der Waals surface area contributed by atoms with Gasteiger partial charge in [-0.3, -0.25) is 4.79 Å². The molecular formula is C15H16F3N3O. The first-order valence-electron chi connectivity index (χ1n) is 6.83. The lowest BCUT2D eigenvalue weighted by molar-refractivity contribution is -0.183. The van der Waals surface area contributed by atoms with E-state index >= 15 is 0 Å². The SMILES string of the molecule is CN1C[C@@H](C(F)(F)F)[C@H](C(=O)NCc2cccc(C#N)c2)C1. The van der Waals surface area contributed by atoms with Crippen molar-refractivity contribution >= 4 is 5.91 Å². The third-order valence-electron chi connectivity index (χ3n) is 3.78. The molecule has 1 aliphatic rings. The lowest BCUT2D eigenvalue weighted by Gasteiger charge is -2.20. The standard InChI is InChI=1S/C15H16F3N3O/c1-21-8-12(13(9-21)15(16,17)18)14(22)20-7-11-4-2-3-10(5-11)6-19/h2-5,12-13H,7-9H2,1H3,(H,20,22)/t12-,13-/m1/s1. The molecule has 4 nitrogen and oxygen atoms in total. The van der Waals surface area contributed by atoms with E-state index in [4.69, 9.17) is 5.26 Å². The van der Waals surface area contributed by atoms with Crippen LogP contribution in [-0.2, 0) is 11.3 Å². The smallest absolute Gasteiger partial charge is 0.352 e. The predicted octanol–water partition coefficient (Wildman–Crippen LogP) is 1.91. The summed E-state index contributed by atoms with van der Waals surface area (Å²) in [6, 6.07) is 8.58. The Morgan fingerprint density at radius 3 is 2.82 bits per heavy atom. The third-order valence-corrected chi connectivity index (χ3v) is 3.78. The van der Waals surface area contributed by atoms with Crippen molar-refractivity contribution in [2.75, 3.05) is 20.1 Å². The van der Waals surface area contributed by atoms with Crippen molar-refractivity contribution in [3.05, 3.63) is 35.4 Å². The molecule has 0 bridgehead atoms. The molecule has 7 heteroatoms. The normalized spacial score (nSPS) is 22.3. The van der Waals surface area contributed by atoms with Crippen LogP contribution >= 0.6 is 0 Å². The Morgan fingerprint density at radius 1 is 1.45 bits per heavy atom. The molecule has 1 saturated heterocycles. The fraction of sp³-hybridized carbons (Fsp3) is 0.467. The van der Waals surface area contributed by atoms with Gasteiger partial charge in [-0.05, 0) is 24.7 Å². The number of nitrogens with one attached hydrogen (secondary N) is 1. The Balaban J connectivity index is 2.01. The summed E-state index contributed by atoms with van der Waals surface area (Å²) in [5, 5.41) is 11.3. The van der Waals surface area contributed by atoms with Crippen LogP contribution in [0.5, 0.6) is 0 Å². The molecule has 0 spiro atoms. The Bertz CT molecular complexity index is 594. The highest BCUT2D eigenvalue weighted by Crippen LogP contribution is 2.37. The van der Waals surface area contributed by atoms with E-state index in [1.165, 1.54) is 4.90 Å². The Kier molecular flexibility index (Phi) is 4.71. The number of carbonyl (C=O) groups excluding carboxylic acids is 1. The number of nitriles is 1. The predicted molar refractivity (Wildman–Crippen MR) is 73.5 cm³/mol. The summed E-state index contributed by atoms with van der Waals surface area (Å²) >= 11 is 0. The van der Waals surface area contributed by atoms with Crippen LogP contribution in [-0.4, -0.2) is 37.1 Å². The summed E-state index contributed by atoms with van der Waals surface area (Å²) in [6.45, 7) is 0.0406. The molecule has 0 aromatic heterocycles. The molecule has 22 heavy (non-hydrogen) atoms. The van der Waals surface area contributed by atoms with Gasteiger partial charge in [0.05, 0.1) is 23.5 Å². The summed E-state index contributed by atoms with van der Waals surface area (Å²) in [5.74, 6) is -3.33. The van der Waals surface area contributed by atoms with Gasteiger partial charge in [-0.1, -0.05) is 12.1 Å². The van der Waals surface area contributed by atoms with Crippen molar-refractivity contribution in [3.8, 4) is 6.07 Å². The molecule has 1 amide bonds. The second-order valence-corrected chi connectivity index (χ2v) is 5.51. The number of likely N-dealkylation sites (tertiary alicyclic amines) is 1. The molecule has 0 radical (unpaired) electrons. The van der Waals surface area contributed by atoms with E-state index in [2.05, 4.69) is 5.32 Å². The zero-order valence-electron chi connectivity index (χ0n) is 12.0. The van der Waals surface area contributed by atoms with E-state index < -0.39 is 23.9 Å². The molecule has 1 fully saturated rings. The highest BCUT2D eigenvalue weighted by atomic mass is 19.4. The maximum atomic E-state index is 13.0. The van der Waals surface area contributed by atoms with Crippen LogP contribution < -0.4 is 5.32 Å². The van der Waals surface area contributed by atoms with Crippen molar-refractivity contribution in [2.45, 2.75) is 12.7 Å². The van der Waals surface area contributed by atoms with Gasteiger partial charge in [0, 0.05) is 19.6 Å². The lowest BCUT2D eigenvalue weighted by Crippen LogP contribution is -2.39. The van der Waals surface area contributed by atoms with Gasteiger partial charge in [-0.2, -0.15) is 18.4 Å². The summed E-state index contributed by atoms with van der Waals surface area (Å²) in [4.78, 5) is 13.6. The maximum Gasteiger partial charge on any atom is 0.393 e. The maximum absolute atomic E-state index is 13.0. The number of hydrogen-bond donors (Lipinski definition) is 1. The van der Waals surface area contributed by atoms with Crippen LogP contribution in [0, 0.1) is 23.2 Å². The van der Waals surface area contributed by atoms with Crippen LogP contribution in [0.15, 0.2) is 24.3 Å². The van der Waals surface area contributed by atoms with Gasteiger partial charge in [0.1, 0.15) is 0 Å². The van der Waals surface area contributed by atoms with Gasteiger partial charge < -0.3 is 10.2 Å². The lowest BCUT2D eigenvalue weighted by atomic mass is 9.94. The number of halogens is 3. The molecule has 0 aliphatic carbocycles. The molecule has 0 saturated carbocycles. The average Bonchev–Trinajstić information content (AvgIpc) is 2.87. The van der Waals surface area contributed by atoms with Crippen LogP contribution in [0.4, 0.5) is 13.2 Å². The van der Waals surface area contributed by atoms with Crippen molar-refractivity contribution < 1.29 is 18.0 Å². The number of nitrogens with zero attached hydrogens (tertiary/aromatic N) is 2. The van der Waals surface area contributed by atoms with E-state index in [1.807, 2.05) is 6.07 Å². The monoisotopic (exact) mass is 311 g/mol. The quantitative estimate of drug-likeness (QED) is 0.928. The van der Waals surface area contributed by atoms with Gasteiger partial charge in [-0.15, -0.1) is 0 Å². The fourth-order valence-corrected chi connectivity index (χ4v) is 2.67. The highest BCUT2D eigenvalue weighted by Gasteiger charge is 2.51. The first-order valence-corrected chi connectivity index (χ1v) is 6.83. The zero-order chi connectivity index (χ0) is 16.3. The van der Waals surface area contributed by atoms with Gasteiger partial charge in [0.2, 0.25) is 5.91 Å². The Labute approximate surface area is 126 Å². The van der Waals surface area contributed by atoms with Crippen molar-refractivity contribution in [2.24, 2.45) is 11.8 Å². The molecule has 2 atom stereocenters. The minimum atomic E-state index is -4.38. The van der Waals surface area contributed by atoms with Gasteiger partial charge in [0.15, 0.2) is 0 Å². The van der Waals surface area contributed by atoms with Crippen molar-refractivity contribution in [3.63, 3.8) is 0 Å². The van der Waals surface area contributed by atoms with Crippen LogP contribution in [0.25, 0.3) is 0 Å². The molecular weight excluding hydrogens is 295 g/mol. The molecule has 1 aromatic rings. The van der Waals surface area contributed by atoms with E-state index in [9.17, 15) is 18.0 Å². The third kappa shape index (κ3) is 3.77. The molecule has 1 N–H and O–H groups in total. The highest BCUT2D eigenvalue weighted by molar-refractivity contribution is 5.79. The zero-order valence-corrected chi connectivity index (χ0v) is 12.0. The second kappa shape index (κ2) is 6.36. The summed E-state index contributed by atoms with van der Waals surface area (Å²) in [6.07, 6.45) is -4.38. The number of alkyl halides is 3. The Morgan fingerprint density at radius 2 is 2.18 bits per heavy atom. The number of carbonyl (C=O) groups is 1. The largest absolute Gasteiger partial charge is 0.393 e. The van der Waals surface area contributed by atoms with Crippen LogP contribution in [0.3, 0.4) is 0 Å².